The van der Waals surface area contributed by atoms with Gasteiger partial charge in [0.05, 0.1) is 12.6 Å². The van der Waals surface area contributed by atoms with Crippen molar-refractivity contribution >= 4 is 11.8 Å². The van der Waals surface area contributed by atoms with Gasteiger partial charge in [-0.15, -0.1) is 6.58 Å². The van der Waals surface area contributed by atoms with Gasteiger partial charge < -0.3 is 16.4 Å². The smallest absolute Gasteiger partial charge is 0.239 e. The first kappa shape index (κ1) is 13.6. The van der Waals surface area contributed by atoms with E-state index < -0.39 is 6.04 Å². The van der Waals surface area contributed by atoms with Crippen LogP contribution in [0.15, 0.2) is 12.7 Å². The molecule has 2 amide bonds. The number of amides is 2. The molecule has 0 saturated heterocycles. The van der Waals surface area contributed by atoms with Gasteiger partial charge in [-0.3, -0.25) is 9.59 Å². The Bertz CT molecular complexity index is 239. The van der Waals surface area contributed by atoms with Crippen LogP contribution in [0.2, 0.25) is 0 Å². The molecule has 0 fully saturated rings. The molecule has 86 valence electrons. The van der Waals surface area contributed by atoms with Gasteiger partial charge >= 0.3 is 0 Å². The average molecular weight is 213 g/mol. The summed E-state index contributed by atoms with van der Waals surface area (Å²) in [4.78, 5) is 22.4. The van der Waals surface area contributed by atoms with Gasteiger partial charge in [0.25, 0.3) is 0 Å². The molecule has 1 atom stereocenters. The Kier molecular flexibility index (Phi) is 6.37. The molecule has 0 aromatic carbocycles. The SMILES string of the molecule is C=CCNC(=O)CNC(=O)[C@@H](N)C(C)C. The number of carbonyl (C=O) groups is 2. The summed E-state index contributed by atoms with van der Waals surface area (Å²) in [6.07, 6.45) is 1.57. The van der Waals surface area contributed by atoms with Gasteiger partial charge in [-0.1, -0.05) is 19.9 Å². The Morgan fingerprint density at radius 2 is 2.00 bits per heavy atom. The van der Waals surface area contributed by atoms with Crippen molar-refractivity contribution in [1.29, 1.82) is 0 Å². The maximum atomic E-state index is 11.3. The number of rotatable bonds is 6. The molecule has 0 bridgehead atoms. The summed E-state index contributed by atoms with van der Waals surface area (Å²) in [5.41, 5.74) is 5.59. The summed E-state index contributed by atoms with van der Waals surface area (Å²) < 4.78 is 0. The molecule has 5 nitrogen and oxygen atoms in total. The van der Waals surface area contributed by atoms with E-state index in [0.717, 1.165) is 0 Å². The summed E-state index contributed by atoms with van der Waals surface area (Å²) in [6.45, 7) is 7.50. The fourth-order valence-corrected chi connectivity index (χ4v) is 0.836. The molecule has 0 heterocycles. The van der Waals surface area contributed by atoms with Gasteiger partial charge in [0.2, 0.25) is 11.8 Å². The van der Waals surface area contributed by atoms with E-state index in [9.17, 15) is 9.59 Å². The van der Waals surface area contributed by atoms with Crippen LogP contribution in [-0.2, 0) is 9.59 Å². The normalized spacial score (nSPS) is 12.0. The molecule has 0 aromatic heterocycles. The first-order valence-electron chi connectivity index (χ1n) is 4.90. The number of nitrogens with one attached hydrogen (secondary N) is 2. The molecule has 15 heavy (non-hydrogen) atoms. The van der Waals surface area contributed by atoms with Crippen LogP contribution >= 0.6 is 0 Å². The van der Waals surface area contributed by atoms with Crippen LogP contribution in [0.1, 0.15) is 13.8 Å². The minimum Gasteiger partial charge on any atom is -0.351 e. The third kappa shape index (κ3) is 5.85. The third-order valence-electron chi connectivity index (χ3n) is 1.89. The summed E-state index contributed by atoms with van der Waals surface area (Å²) in [6, 6.07) is -0.572. The lowest BCUT2D eigenvalue weighted by atomic mass is 10.1. The van der Waals surface area contributed by atoms with E-state index in [-0.39, 0.29) is 24.3 Å². The van der Waals surface area contributed by atoms with Crippen LogP contribution in [0.4, 0.5) is 0 Å². The van der Waals surface area contributed by atoms with Crippen molar-refractivity contribution in [2.45, 2.75) is 19.9 Å². The average Bonchev–Trinajstić information content (AvgIpc) is 2.21. The second-order valence-corrected chi connectivity index (χ2v) is 3.58. The van der Waals surface area contributed by atoms with Crippen molar-refractivity contribution in [3.63, 3.8) is 0 Å². The quantitative estimate of drug-likeness (QED) is 0.514. The summed E-state index contributed by atoms with van der Waals surface area (Å²) >= 11 is 0. The summed E-state index contributed by atoms with van der Waals surface area (Å²) in [5, 5.41) is 5.01. The third-order valence-corrected chi connectivity index (χ3v) is 1.89. The molecular formula is C10H19N3O2. The highest BCUT2D eigenvalue weighted by atomic mass is 16.2. The van der Waals surface area contributed by atoms with Crippen molar-refractivity contribution < 1.29 is 9.59 Å². The minimum absolute atomic E-state index is 0.0485. The highest BCUT2D eigenvalue weighted by Gasteiger charge is 2.17. The number of hydrogen-bond acceptors (Lipinski definition) is 3. The number of hydrogen-bond donors (Lipinski definition) is 3. The van der Waals surface area contributed by atoms with E-state index in [1.165, 1.54) is 0 Å². The van der Waals surface area contributed by atoms with E-state index in [0.29, 0.717) is 6.54 Å². The minimum atomic E-state index is -0.572. The number of nitrogens with two attached hydrogens (primary N) is 1. The van der Waals surface area contributed by atoms with Gasteiger partial charge in [0.15, 0.2) is 0 Å². The zero-order valence-electron chi connectivity index (χ0n) is 9.25. The molecule has 0 spiro atoms. The highest BCUT2D eigenvalue weighted by Crippen LogP contribution is 1.97. The standard InChI is InChI=1S/C10H19N3O2/c1-4-5-12-8(14)6-13-10(15)9(11)7(2)3/h4,7,9H,1,5-6,11H2,2-3H3,(H,12,14)(H,13,15)/t9-/m0/s1. The zero-order chi connectivity index (χ0) is 11.8. The van der Waals surface area contributed by atoms with Crippen molar-refractivity contribution in [2.24, 2.45) is 11.7 Å². The Hall–Kier alpha value is -1.36. The molecule has 5 heteroatoms. The Morgan fingerprint density at radius 3 is 2.47 bits per heavy atom. The van der Waals surface area contributed by atoms with Crippen LogP contribution in [-0.4, -0.2) is 30.9 Å². The zero-order valence-corrected chi connectivity index (χ0v) is 9.25. The predicted molar refractivity (Wildman–Crippen MR) is 59.0 cm³/mol. The predicted octanol–water partition coefficient (Wildman–Crippen LogP) is -0.612. The van der Waals surface area contributed by atoms with E-state index in [1.54, 1.807) is 6.08 Å². The second kappa shape index (κ2) is 7.00. The van der Waals surface area contributed by atoms with Crippen LogP contribution in [0.3, 0.4) is 0 Å². The molecule has 0 aliphatic heterocycles. The Balaban J connectivity index is 3.80. The molecule has 4 N–H and O–H groups in total. The lowest BCUT2D eigenvalue weighted by molar-refractivity contribution is -0.127. The van der Waals surface area contributed by atoms with E-state index >= 15 is 0 Å². The van der Waals surface area contributed by atoms with Gasteiger partial charge in [-0.25, -0.2) is 0 Å². The first-order chi connectivity index (χ1) is 6.99. The van der Waals surface area contributed by atoms with Crippen molar-refractivity contribution in [1.82, 2.24) is 10.6 Å². The van der Waals surface area contributed by atoms with Gasteiger partial charge in [0, 0.05) is 6.54 Å². The van der Waals surface area contributed by atoms with Gasteiger partial charge in [-0.2, -0.15) is 0 Å². The topological polar surface area (TPSA) is 84.2 Å². The highest BCUT2D eigenvalue weighted by molar-refractivity contribution is 5.87. The first-order valence-corrected chi connectivity index (χ1v) is 4.90. The van der Waals surface area contributed by atoms with E-state index in [1.807, 2.05) is 13.8 Å². The van der Waals surface area contributed by atoms with Gasteiger partial charge in [0.1, 0.15) is 0 Å². The largest absolute Gasteiger partial charge is 0.351 e. The monoisotopic (exact) mass is 213 g/mol. The molecule has 0 radical (unpaired) electrons. The van der Waals surface area contributed by atoms with Crippen LogP contribution in [0.5, 0.6) is 0 Å². The maximum absolute atomic E-state index is 11.3. The van der Waals surface area contributed by atoms with Crippen LogP contribution in [0, 0.1) is 5.92 Å². The van der Waals surface area contributed by atoms with Crippen molar-refractivity contribution in [3.8, 4) is 0 Å². The molecule has 0 aliphatic carbocycles. The maximum Gasteiger partial charge on any atom is 0.239 e. The van der Waals surface area contributed by atoms with Crippen molar-refractivity contribution in [3.05, 3.63) is 12.7 Å². The lowest BCUT2D eigenvalue weighted by Crippen LogP contribution is -2.47. The second-order valence-electron chi connectivity index (χ2n) is 3.58. The van der Waals surface area contributed by atoms with E-state index in [4.69, 9.17) is 5.73 Å². The molecule has 0 aromatic rings. The lowest BCUT2D eigenvalue weighted by Gasteiger charge is -2.14. The van der Waals surface area contributed by atoms with E-state index in [2.05, 4.69) is 17.2 Å². The van der Waals surface area contributed by atoms with Gasteiger partial charge in [-0.05, 0) is 5.92 Å². The number of carbonyl (C=O) groups excluding carboxylic acids is 2. The summed E-state index contributed by atoms with van der Waals surface area (Å²) in [7, 11) is 0. The van der Waals surface area contributed by atoms with Crippen LogP contribution < -0.4 is 16.4 Å². The Morgan fingerprint density at radius 1 is 1.40 bits per heavy atom. The summed E-state index contributed by atoms with van der Waals surface area (Å²) in [5.74, 6) is -0.501. The molecular weight excluding hydrogens is 194 g/mol. The Labute approximate surface area is 90.1 Å². The fourth-order valence-electron chi connectivity index (χ4n) is 0.836. The molecule has 0 unspecified atom stereocenters. The molecule has 0 aliphatic rings. The van der Waals surface area contributed by atoms with Crippen LogP contribution in [0.25, 0.3) is 0 Å². The van der Waals surface area contributed by atoms with Crippen molar-refractivity contribution in [2.75, 3.05) is 13.1 Å². The fraction of sp³-hybridized carbons (Fsp3) is 0.600. The molecule has 0 rings (SSSR count). The molecule has 0 saturated carbocycles.